The van der Waals surface area contributed by atoms with Crippen LogP contribution in [0.2, 0.25) is 5.02 Å². The number of fused-ring (bicyclic) bond motifs is 3. The highest BCUT2D eigenvalue weighted by molar-refractivity contribution is 6.31. The van der Waals surface area contributed by atoms with E-state index in [0.29, 0.717) is 11.2 Å². The largest absolute Gasteiger partial charge is 0.502 e. The molecule has 0 saturated carbocycles. The van der Waals surface area contributed by atoms with Gasteiger partial charge in [-0.3, -0.25) is 10.1 Å². The third kappa shape index (κ3) is 3.05. The zero-order chi connectivity index (χ0) is 19.8. The molecule has 10 nitrogen and oxygen atoms in total. The van der Waals surface area contributed by atoms with Crippen molar-refractivity contribution in [2.24, 2.45) is 5.10 Å². The SMILES string of the molecule is Cc1cccc2c1[nH]c1nc(N/N=C/c3cc(Cl)cc([N+](=O)[O-])c3O)nnc12. The Hall–Kier alpha value is -3.79. The second kappa shape index (κ2) is 6.74. The van der Waals surface area contributed by atoms with Gasteiger partial charge in [0.2, 0.25) is 5.75 Å². The second-order valence-electron chi connectivity index (χ2n) is 5.94. The number of aryl methyl sites for hydroxylation is 1. The van der Waals surface area contributed by atoms with Crippen LogP contribution in [0.5, 0.6) is 5.75 Å². The normalized spacial score (nSPS) is 11.5. The number of H-pyrrole nitrogens is 1. The van der Waals surface area contributed by atoms with Gasteiger partial charge < -0.3 is 10.1 Å². The summed E-state index contributed by atoms with van der Waals surface area (Å²) in [7, 11) is 0. The highest BCUT2D eigenvalue weighted by Crippen LogP contribution is 2.32. The highest BCUT2D eigenvalue weighted by atomic mass is 35.5. The summed E-state index contributed by atoms with van der Waals surface area (Å²) >= 11 is 5.84. The molecule has 4 rings (SSSR count). The average molecular weight is 398 g/mol. The van der Waals surface area contributed by atoms with Gasteiger partial charge in [0.25, 0.3) is 5.95 Å². The van der Waals surface area contributed by atoms with Gasteiger partial charge >= 0.3 is 5.69 Å². The molecule has 0 aliphatic heterocycles. The maximum atomic E-state index is 10.9. The van der Waals surface area contributed by atoms with Crippen molar-refractivity contribution in [1.29, 1.82) is 0 Å². The number of nitrogens with zero attached hydrogens (tertiary/aromatic N) is 5. The van der Waals surface area contributed by atoms with Crippen LogP contribution in [0.4, 0.5) is 11.6 Å². The minimum absolute atomic E-state index is 0.0713. The first kappa shape index (κ1) is 17.6. The van der Waals surface area contributed by atoms with Crippen LogP contribution in [0.1, 0.15) is 11.1 Å². The lowest BCUT2D eigenvalue weighted by Crippen LogP contribution is -1.99. The summed E-state index contributed by atoms with van der Waals surface area (Å²) in [4.78, 5) is 17.7. The van der Waals surface area contributed by atoms with Crippen LogP contribution < -0.4 is 5.43 Å². The fourth-order valence-electron chi connectivity index (χ4n) is 2.79. The van der Waals surface area contributed by atoms with Crippen molar-refractivity contribution in [3.63, 3.8) is 0 Å². The van der Waals surface area contributed by atoms with E-state index in [1.807, 2.05) is 25.1 Å². The molecule has 0 unspecified atom stereocenters. The summed E-state index contributed by atoms with van der Waals surface area (Å²) in [6.45, 7) is 1.98. The summed E-state index contributed by atoms with van der Waals surface area (Å²) in [5.74, 6) is -0.426. The van der Waals surface area contributed by atoms with Crippen LogP contribution in [-0.4, -0.2) is 36.4 Å². The second-order valence-corrected chi connectivity index (χ2v) is 6.38. The summed E-state index contributed by atoms with van der Waals surface area (Å²) in [5, 5.41) is 33.9. The van der Waals surface area contributed by atoms with E-state index in [2.05, 4.69) is 30.7 Å². The van der Waals surface area contributed by atoms with Crippen LogP contribution in [-0.2, 0) is 0 Å². The Morgan fingerprint density at radius 3 is 2.96 bits per heavy atom. The average Bonchev–Trinajstić information content (AvgIpc) is 3.03. The zero-order valence-electron chi connectivity index (χ0n) is 14.3. The molecule has 0 fully saturated rings. The van der Waals surface area contributed by atoms with Crippen LogP contribution in [0, 0.1) is 17.0 Å². The molecule has 0 amide bonds. The number of hydrogen-bond acceptors (Lipinski definition) is 8. The molecular weight excluding hydrogens is 386 g/mol. The Labute approximate surface area is 162 Å². The number of anilines is 1. The number of hydrogen-bond donors (Lipinski definition) is 3. The molecule has 4 aromatic rings. The highest BCUT2D eigenvalue weighted by Gasteiger charge is 2.17. The molecule has 0 aliphatic carbocycles. The van der Waals surface area contributed by atoms with E-state index in [4.69, 9.17) is 11.6 Å². The molecule has 0 aliphatic rings. The van der Waals surface area contributed by atoms with E-state index in [1.54, 1.807) is 0 Å². The van der Waals surface area contributed by atoms with E-state index in [1.165, 1.54) is 12.3 Å². The summed E-state index contributed by atoms with van der Waals surface area (Å²) in [5.41, 5.74) is 5.30. The molecule has 2 heterocycles. The number of aromatic hydroxyl groups is 1. The lowest BCUT2D eigenvalue weighted by Gasteiger charge is -2.01. The van der Waals surface area contributed by atoms with Gasteiger partial charge in [0.15, 0.2) is 5.65 Å². The Morgan fingerprint density at radius 2 is 2.18 bits per heavy atom. The minimum Gasteiger partial charge on any atom is -0.502 e. The monoisotopic (exact) mass is 397 g/mol. The maximum absolute atomic E-state index is 10.9. The Bertz CT molecular complexity index is 1270. The van der Waals surface area contributed by atoms with Crippen molar-refractivity contribution in [3.8, 4) is 5.75 Å². The smallest absolute Gasteiger partial charge is 0.312 e. The number of rotatable bonds is 4. The lowest BCUT2D eigenvalue weighted by molar-refractivity contribution is -0.385. The van der Waals surface area contributed by atoms with Gasteiger partial charge in [0.1, 0.15) is 5.52 Å². The first-order valence-corrected chi connectivity index (χ1v) is 8.39. The minimum atomic E-state index is -0.731. The molecule has 28 heavy (non-hydrogen) atoms. The van der Waals surface area contributed by atoms with Gasteiger partial charge in [-0.2, -0.15) is 10.1 Å². The molecule has 0 spiro atoms. The number of aromatic amines is 1. The van der Waals surface area contributed by atoms with Crippen molar-refractivity contribution < 1.29 is 10.0 Å². The fourth-order valence-corrected chi connectivity index (χ4v) is 3.01. The Morgan fingerprint density at radius 1 is 1.36 bits per heavy atom. The van der Waals surface area contributed by atoms with Crippen molar-refractivity contribution in [1.82, 2.24) is 20.2 Å². The number of hydrazone groups is 1. The predicted octanol–water partition coefficient (Wildman–Crippen LogP) is 3.53. The van der Waals surface area contributed by atoms with Crippen molar-refractivity contribution in [2.45, 2.75) is 6.92 Å². The van der Waals surface area contributed by atoms with Crippen molar-refractivity contribution >= 4 is 51.5 Å². The van der Waals surface area contributed by atoms with Gasteiger partial charge in [-0.05, 0) is 18.6 Å². The van der Waals surface area contributed by atoms with Gasteiger partial charge in [0, 0.05) is 22.0 Å². The molecule has 3 N–H and O–H groups in total. The summed E-state index contributed by atoms with van der Waals surface area (Å²) < 4.78 is 0. The number of benzene rings is 2. The first-order chi connectivity index (χ1) is 13.4. The third-order valence-corrected chi connectivity index (χ3v) is 4.33. The van der Waals surface area contributed by atoms with E-state index in [9.17, 15) is 15.2 Å². The molecular formula is C17H12ClN7O3. The van der Waals surface area contributed by atoms with Crippen LogP contribution in [0.25, 0.3) is 22.1 Å². The Kier molecular flexibility index (Phi) is 4.24. The van der Waals surface area contributed by atoms with Gasteiger partial charge in [-0.15, -0.1) is 10.2 Å². The zero-order valence-corrected chi connectivity index (χ0v) is 15.1. The quantitative estimate of drug-likeness (QED) is 0.271. The standard InChI is InChI=1S/C17H12ClN7O3/c1-8-3-2-4-11-13(8)20-16-14(11)22-24-17(21-16)23-19-7-9-5-10(18)6-12(15(9)26)25(27)28/h2-7,26H,1H3,(H2,20,21,23,24)/b19-7+. The fraction of sp³-hybridized carbons (Fsp3) is 0.0588. The molecule has 11 heteroatoms. The number of nitro groups is 1. The topological polar surface area (TPSA) is 142 Å². The van der Waals surface area contributed by atoms with E-state index in [0.717, 1.165) is 22.5 Å². The van der Waals surface area contributed by atoms with E-state index in [-0.39, 0.29) is 16.5 Å². The van der Waals surface area contributed by atoms with Gasteiger partial charge in [-0.25, -0.2) is 5.43 Å². The van der Waals surface area contributed by atoms with Crippen molar-refractivity contribution in [3.05, 3.63) is 56.6 Å². The van der Waals surface area contributed by atoms with Crippen molar-refractivity contribution in [2.75, 3.05) is 5.43 Å². The lowest BCUT2D eigenvalue weighted by atomic mass is 10.1. The molecule has 0 bridgehead atoms. The molecule has 2 aromatic heterocycles. The molecule has 2 aromatic carbocycles. The number of aromatic nitrogens is 4. The predicted molar refractivity (Wildman–Crippen MR) is 105 cm³/mol. The van der Waals surface area contributed by atoms with Gasteiger partial charge in [-0.1, -0.05) is 29.8 Å². The maximum Gasteiger partial charge on any atom is 0.312 e. The number of phenolic OH excluding ortho intramolecular Hbond substituents is 1. The number of phenols is 1. The Balaban J connectivity index is 1.63. The molecule has 0 radical (unpaired) electrons. The van der Waals surface area contributed by atoms with Crippen LogP contribution in [0.3, 0.4) is 0 Å². The molecule has 0 atom stereocenters. The first-order valence-electron chi connectivity index (χ1n) is 8.01. The van der Waals surface area contributed by atoms with Gasteiger partial charge in [0.05, 0.1) is 16.7 Å². The van der Waals surface area contributed by atoms with E-state index < -0.39 is 16.4 Å². The number of para-hydroxylation sites is 1. The number of nitro benzene ring substituents is 1. The molecule has 0 saturated heterocycles. The van der Waals surface area contributed by atoms with E-state index >= 15 is 0 Å². The third-order valence-electron chi connectivity index (χ3n) is 4.11. The van der Waals surface area contributed by atoms with Crippen LogP contribution in [0.15, 0.2) is 35.4 Å². The summed E-state index contributed by atoms with van der Waals surface area (Å²) in [6.07, 6.45) is 1.18. The van der Waals surface area contributed by atoms with Crippen LogP contribution >= 0.6 is 11.6 Å². The number of nitrogens with one attached hydrogen (secondary N) is 2. The number of halogens is 1. The summed E-state index contributed by atoms with van der Waals surface area (Å²) in [6, 6.07) is 8.24. The molecule has 140 valence electrons.